The van der Waals surface area contributed by atoms with E-state index in [4.69, 9.17) is 4.74 Å². The number of rotatable bonds is 7. The first kappa shape index (κ1) is 22.3. The van der Waals surface area contributed by atoms with Crippen LogP contribution in [0.3, 0.4) is 0 Å². The third kappa shape index (κ3) is 3.71. The molecular formula is C23H29NO5S. The molecule has 0 radical (unpaired) electrons. The van der Waals surface area contributed by atoms with Crippen LogP contribution in [0.4, 0.5) is 0 Å². The molecule has 1 aromatic carbocycles. The van der Waals surface area contributed by atoms with Crippen molar-refractivity contribution in [2.24, 2.45) is 0 Å². The van der Waals surface area contributed by atoms with Gasteiger partial charge in [0.15, 0.2) is 21.2 Å². The van der Waals surface area contributed by atoms with Gasteiger partial charge in [0.2, 0.25) is 5.78 Å². The molecule has 0 unspecified atom stereocenters. The number of sulfone groups is 1. The lowest BCUT2D eigenvalue weighted by molar-refractivity contribution is -0.145. The summed E-state index contributed by atoms with van der Waals surface area (Å²) in [6.07, 6.45) is 1.67. The third-order valence-corrected chi connectivity index (χ3v) is 8.48. The lowest BCUT2D eigenvalue weighted by Gasteiger charge is -2.26. The van der Waals surface area contributed by atoms with Crippen molar-refractivity contribution < 1.29 is 22.7 Å². The van der Waals surface area contributed by atoms with Gasteiger partial charge in [-0.1, -0.05) is 31.0 Å². The Hall–Kier alpha value is -2.41. The lowest BCUT2D eigenvalue weighted by atomic mass is 10.1. The third-order valence-electron chi connectivity index (χ3n) is 5.99. The molecule has 0 bridgehead atoms. The van der Waals surface area contributed by atoms with Crippen molar-refractivity contribution in [1.82, 2.24) is 4.57 Å². The van der Waals surface area contributed by atoms with Crippen LogP contribution in [0.2, 0.25) is 0 Å². The maximum atomic E-state index is 13.3. The fourth-order valence-electron chi connectivity index (χ4n) is 4.55. The summed E-state index contributed by atoms with van der Waals surface area (Å²) in [7, 11) is -3.92. The zero-order valence-electron chi connectivity index (χ0n) is 18.0. The van der Waals surface area contributed by atoms with Crippen LogP contribution in [-0.2, 0) is 19.4 Å². The second-order valence-electron chi connectivity index (χ2n) is 8.27. The number of nitrogens with zero attached hydrogens (tertiary/aromatic N) is 1. The van der Waals surface area contributed by atoms with E-state index in [1.54, 1.807) is 24.3 Å². The van der Waals surface area contributed by atoms with E-state index < -0.39 is 27.2 Å². The van der Waals surface area contributed by atoms with Crippen LogP contribution in [0.25, 0.3) is 0 Å². The quantitative estimate of drug-likeness (QED) is 0.485. The number of esters is 1. The number of carbonyl (C=O) groups excluding carboxylic acids is 2. The average Bonchev–Trinajstić information content (AvgIpc) is 3.32. The molecule has 2 aromatic rings. The van der Waals surface area contributed by atoms with E-state index >= 15 is 0 Å². The van der Waals surface area contributed by atoms with Gasteiger partial charge in [-0.05, 0) is 58.7 Å². The first-order chi connectivity index (χ1) is 14.1. The molecule has 1 aliphatic carbocycles. The smallest absolute Gasteiger partial charge is 0.328 e. The van der Waals surface area contributed by atoms with Crippen molar-refractivity contribution in [3.05, 3.63) is 53.3 Å². The highest BCUT2D eigenvalue weighted by atomic mass is 32.2. The Balaban J connectivity index is 1.82. The minimum atomic E-state index is -3.92. The molecule has 7 heteroatoms. The van der Waals surface area contributed by atoms with Crippen LogP contribution < -0.4 is 0 Å². The molecule has 1 heterocycles. The van der Waals surface area contributed by atoms with E-state index in [-0.39, 0.29) is 29.6 Å². The highest BCUT2D eigenvalue weighted by molar-refractivity contribution is 7.93. The van der Waals surface area contributed by atoms with Gasteiger partial charge in [-0.15, -0.1) is 0 Å². The molecular weight excluding hydrogens is 402 g/mol. The molecule has 162 valence electrons. The Morgan fingerprint density at radius 1 is 1.10 bits per heavy atom. The first-order valence-corrected chi connectivity index (χ1v) is 11.8. The largest absolute Gasteiger partial charge is 0.456 e. The van der Waals surface area contributed by atoms with Gasteiger partial charge in [0, 0.05) is 23.0 Å². The molecule has 1 fully saturated rings. The summed E-state index contributed by atoms with van der Waals surface area (Å²) >= 11 is 0. The molecule has 0 atom stereocenters. The van der Waals surface area contributed by atoms with Crippen LogP contribution in [-0.4, -0.2) is 36.1 Å². The molecule has 3 rings (SSSR count). The van der Waals surface area contributed by atoms with Crippen LogP contribution in [0, 0.1) is 13.8 Å². The number of carbonyl (C=O) groups is 2. The number of hydrogen-bond donors (Lipinski definition) is 0. The summed E-state index contributed by atoms with van der Waals surface area (Å²) < 4.78 is 32.4. The Morgan fingerprint density at radius 2 is 1.70 bits per heavy atom. The molecule has 1 aliphatic rings. The fraction of sp³-hybridized carbons (Fsp3) is 0.478. The van der Waals surface area contributed by atoms with Gasteiger partial charge in [0.1, 0.15) is 0 Å². The molecule has 0 aliphatic heterocycles. The predicted octanol–water partition coefficient (Wildman–Crippen LogP) is 4.20. The zero-order chi connectivity index (χ0) is 22.1. The van der Waals surface area contributed by atoms with Gasteiger partial charge < -0.3 is 9.30 Å². The zero-order valence-corrected chi connectivity index (χ0v) is 18.8. The number of Topliss-reactive ketones (excluding diaryl/α,β-unsaturated/α-hetero) is 1. The predicted molar refractivity (Wildman–Crippen MR) is 114 cm³/mol. The minimum Gasteiger partial charge on any atom is -0.456 e. The van der Waals surface area contributed by atoms with E-state index in [1.165, 1.54) is 12.1 Å². The summed E-state index contributed by atoms with van der Waals surface area (Å²) in [6.45, 7) is 7.39. The number of ketones is 1. The summed E-state index contributed by atoms with van der Waals surface area (Å²) in [5.74, 6) is -1.15. The molecule has 1 aromatic heterocycles. The Bertz CT molecular complexity index is 1040. The molecule has 30 heavy (non-hydrogen) atoms. The minimum absolute atomic E-state index is 0.107. The molecule has 0 spiro atoms. The molecule has 6 nitrogen and oxygen atoms in total. The van der Waals surface area contributed by atoms with Crippen molar-refractivity contribution in [1.29, 1.82) is 0 Å². The molecule has 1 saturated carbocycles. The topological polar surface area (TPSA) is 82.4 Å². The fourth-order valence-corrected chi connectivity index (χ4v) is 6.62. The van der Waals surface area contributed by atoms with Gasteiger partial charge in [-0.3, -0.25) is 9.59 Å². The van der Waals surface area contributed by atoms with Crippen LogP contribution >= 0.6 is 0 Å². The standard InChI is InChI=1S/C23H29NO5S/c1-16(2)24-17(3)14-20(18(24)4)21(25)15-29-22(26)23(12-8-9-13-23)30(27,28)19-10-6-5-7-11-19/h5-7,10-11,14,16H,8-9,12-13,15H2,1-4H3. The van der Waals surface area contributed by atoms with Gasteiger partial charge >= 0.3 is 5.97 Å². The van der Waals surface area contributed by atoms with E-state index in [0.29, 0.717) is 18.4 Å². The maximum absolute atomic E-state index is 13.3. The van der Waals surface area contributed by atoms with E-state index in [1.807, 2.05) is 32.3 Å². The number of benzene rings is 1. The van der Waals surface area contributed by atoms with Crippen LogP contribution in [0.15, 0.2) is 41.3 Å². The lowest BCUT2D eigenvalue weighted by Crippen LogP contribution is -2.45. The SMILES string of the molecule is Cc1cc(C(=O)COC(=O)C2(S(=O)(=O)c3ccccc3)CCCC2)c(C)n1C(C)C. The van der Waals surface area contributed by atoms with Crippen LogP contribution in [0.5, 0.6) is 0 Å². The Labute approximate surface area is 178 Å². The number of aryl methyl sites for hydroxylation is 1. The van der Waals surface area contributed by atoms with Gasteiger partial charge in [0.25, 0.3) is 0 Å². The number of aromatic nitrogens is 1. The summed E-state index contributed by atoms with van der Waals surface area (Å²) in [5.41, 5.74) is 2.27. The van der Waals surface area contributed by atoms with Crippen molar-refractivity contribution >= 4 is 21.6 Å². The van der Waals surface area contributed by atoms with Gasteiger partial charge in [0.05, 0.1) is 4.90 Å². The molecule has 0 N–H and O–H groups in total. The van der Waals surface area contributed by atoms with E-state index in [0.717, 1.165) is 11.4 Å². The summed E-state index contributed by atoms with van der Waals surface area (Å²) in [4.78, 5) is 25.9. The maximum Gasteiger partial charge on any atom is 0.328 e. The second-order valence-corrected chi connectivity index (χ2v) is 10.5. The Morgan fingerprint density at radius 3 is 2.23 bits per heavy atom. The molecule has 0 amide bonds. The summed E-state index contributed by atoms with van der Waals surface area (Å²) in [5, 5.41) is 0. The van der Waals surface area contributed by atoms with Gasteiger partial charge in [-0.25, -0.2) is 8.42 Å². The Kier molecular flexibility index (Phi) is 6.22. The van der Waals surface area contributed by atoms with Crippen molar-refractivity contribution in [2.45, 2.75) is 69.1 Å². The van der Waals surface area contributed by atoms with Gasteiger partial charge in [-0.2, -0.15) is 0 Å². The monoisotopic (exact) mass is 431 g/mol. The average molecular weight is 432 g/mol. The second kappa shape index (κ2) is 8.38. The van der Waals surface area contributed by atoms with Crippen molar-refractivity contribution in [3.63, 3.8) is 0 Å². The highest BCUT2D eigenvalue weighted by Crippen LogP contribution is 2.41. The van der Waals surface area contributed by atoms with E-state index in [9.17, 15) is 18.0 Å². The number of ether oxygens (including phenoxy) is 1. The van der Waals surface area contributed by atoms with Crippen LogP contribution in [0.1, 0.15) is 67.3 Å². The first-order valence-electron chi connectivity index (χ1n) is 10.3. The molecule has 0 saturated heterocycles. The number of hydrogen-bond acceptors (Lipinski definition) is 5. The van der Waals surface area contributed by atoms with E-state index in [2.05, 4.69) is 0 Å². The highest BCUT2D eigenvalue weighted by Gasteiger charge is 2.54. The van der Waals surface area contributed by atoms with Crippen molar-refractivity contribution in [2.75, 3.05) is 6.61 Å². The van der Waals surface area contributed by atoms with Crippen molar-refractivity contribution in [3.8, 4) is 0 Å². The normalized spacial score (nSPS) is 16.0. The summed E-state index contributed by atoms with van der Waals surface area (Å²) in [6, 6.07) is 9.97.